The molecule has 4 rings (SSSR count). The van der Waals surface area contributed by atoms with Crippen LogP contribution < -0.4 is 10.6 Å². The lowest BCUT2D eigenvalue weighted by Crippen LogP contribution is -2.17. The summed E-state index contributed by atoms with van der Waals surface area (Å²) in [6.45, 7) is 4.10. The third-order valence-corrected chi connectivity index (χ3v) is 5.78. The van der Waals surface area contributed by atoms with Crippen LogP contribution in [0.4, 0.5) is 10.8 Å². The van der Waals surface area contributed by atoms with Crippen LogP contribution in [0.15, 0.2) is 85.1 Å². The highest BCUT2D eigenvalue weighted by Crippen LogP contribution is 2.37. The van der Waals surface area contributed by atoms with E-state index in [4.69, 9.17) is 0 Å². The normalized spacial score (nSPS) is 11.7. The van der Waals surface area contributed by atoms with Crippen LogP contribution in [0.1, 0.15) is 38.0 Å². The monoisotopic (exact) mass is 413 g/mol. The molecular weight excluding hydrogens is 390 g/mol. The Morgan fingerprint density at radius 2 is 1.63 bits per heavy atom. The summed E-state index contributed by atoms with van der Waals surface area (Å²) in [7, 11) is 0. The van der Waals surface area contributed by atoms with Crippen LogP contribution in [-0.4, -0.2) is 10.9 Å². The lowest BCUT2D eigenvalue weighted by molar-refractivity contribution is 0.102. The summed E-state index contributed by atoms with van der Waals surface area (Å²) >= 11 is 1.58. The van der Waals surface area contributed by atoms with E-state index in [-0.39, 0.29) is 11.9 Å². The maximum Gasteiger partial charge on any atom is 0.256 e. The number of hydrogen-bond acceptors (Lipinski definition) is 4. The first kappa shape index (κ1) is 19.9. The molecule has 2 N–H and O–H groups in total. The average Bonchev–Trinajstić information content (AvgIpc) is 3.13. The van der Waals surface area contributed by atoms with Crippen LogP contribution in [0.5, 0.6) is 0 Å². The minimum Gasteiger partial charge on any atom is -0.359 e. The van der Waals surface area contributed by atoms with Gasteiger partial charge in [0, 0.05) is 22.2 Å². The number of amides is 1. The Balaban J connectivity index is 1.71. The summed E-state index contributed by atoms with van der Waals surface area (Å²) in [5.74, 6) is 0.687. The molecule has 0 saturated carbocycles. The third-order valence-electron chi connectivity index (χ3n) is 4.80. The van der Waals surface area contributed by atoms with Gasteiger partial charge in [-0.05, 0) is 55.3 Å². The molecule has 4 aromatic rings. The Morgan fingerprint density at radius 3 is 2.33 bits per heavy atom. The molecule has 1 amide bonds. The molecule has 0 radical (unpaired) electrons. The Bertz CT molecular complexity index is 1140. The van der Waals surface area contributed by atoms with Gasteiger partial charge in [-0.1, -0.05) is 48.5 Å². The molecule has 30 heavy (non-hydrogen) atoms. The predicted molar refractivity (Wildman–Crippen MR) is 124 cm³/mol. The molecule has 1 atom stereocenters. The van der Waals surface area contributed by atoms with Crippen molar-refractivity contribution in [2.75, 3.05) is 10.6 Å². The lowest BCUT2D eigenvalue weighted by atomic mass is 10.00. The number of thiophene rings is 1. The number of nitrogens with one attached hydrogen (secondary N) is 2. The van der Waals surface area contributed by atoms with Gasteiger partial charge in [0.1, 0.15) is 10.8 Å². The molecule has 0 aliphatic heterocycles. The van der Waals surface area contributed by atoms with E-state index < -0.39 is 0 Å². The van der Waals surface area contributed by atoms with Crippen molar-refractivity contribution in [1.29, 1.82) is 0 Å². The Kier molecular flexibility index (Phi) is 5.91. The van der Waals surface area contributed by atoms with E-state index >= 15 is 0 Å². The smallest absolute Gasteiger partial charge is 0.256 e. The third kappa shape index (κ3) is 4.58. The number of hydrogen-bond donors (Lipinski definition) is 2. The fourth-order valence-corrected chi connectivity index (χ4v) is 4.31. The molecule has 0 bridgehead atoms. The molecule has 2 aromatic carbocycles. The first-order valence-electron chi connectivity index (χ1n) is 9.81. The molecule has 0 fully saturated rings. The molecule has 0 aliphatic rings. The molecule has 4 nitrogen and oxygen atoms in total. The highest BCUT2D eigenvalue weighted by Gasteiger charge is 2.22. The SMILES string of the molecule is Cc1ccnc(N[C@@H](c2ccccc2)c2cc(C)sc2NC(=O)c2ccccc2)c1. The molecule has 0 unspecified atom stereocenters. The number of aryl methyl sites for hydroxylation is 2. The molecular formula is C25H23N3OS. The van der Waals surface area contributed by atoms with Gasteiger partial charge in [0.15, 0.2) is 0 Å². The first-order valence-corrected chi connectivity index (χ1v) is 10.6. The van der Waals surface area contributed by atoms with Crippen LogP contribution in [0.2, 0.25) is 0 Å². The number of benzene rings is 2. The van der Waals surface area contributed by atoms with E-state index in [9.17, 15) is 4.79 Å². The molecule has 150 valence electrons. The van der Waals surface area contributed by atoms with Crippen molar-refractivity contribution in [2.45, 2.75) is 19.9 Å². The molecule has 0 aliphatic carbocycles. The van der Waals surface area contributed by atoms with Gasteiger partial charge in [-0.3, -0.25) is 4.79 Å². The van der Waals surface area contributed by atoms with Crippen molar-refractivity contribution >= 4 is 28.1 Å². The van der Waals surface area contributed by atoms with E-state index in [1.165, 1.54) is 0 Å². The zero-order chi connectivity index (χ0) is 20.9. The van der Waals surface area contributed by atoms with Gasteiger partial charge in [-0.25, -0.2) is 4.98 Å². The fraction of sp³-hybridized carbons (Fsp3) is 0.120. The van der Waals surface area contributed by atoms with Gasteiger partial charge in [-0.15, -0.1) is 11.3 Å². The van der Waals surface area contributed by atoms with Gasteiger partial charge in [-0.2, -0.15) is 0 Å². The fourth-order valence-electron chi connectivity index (χ4n) is 3.36. The second kappa shape index (κ2) is 8.93. The van der Waals surface area contributed by atoms with Crippen molar-refractivity contribution in [3.05, 3.63) is 112 Å². The summed E-state index contributed by atoms with van der Waals surface area (Å²) in [4.78, 5) is 18.4. The summed E-state index contributed by atoms with van der Waals surface area (Å²) in [5, 5.41) is 7.52. The van der Waals surface area contributed by atoms with Crippen molar-refractivity contribution in [2.24, 2.45) is 0 Å². The molecule has 2 heterocycles. The van der Waals surface area contributed by atoms with E-state index in [1.54, 1.807) is 17.5 Å². The predicted octanol–water partition coefficient (Wildman–Crippen LogP) is 6.21. The van der Waals surface area contributed by atoms with Crippen molar-refractivity contribution in [3.8, 4) is 0 Å². The van der Waals surface area contributed by atoms with Crippen LogP contribution in [0, 0.1) is 13.8 Å². The van der Waals surface area contributed by atoms with Crippen molar-refractivity contribution in [3.63, 3.8) is 0 Å². The number of aromatic nitrogens is 1. The van der Waals surface area contributed by atoms with Crippen molar-refractivity contribution in [1.82, 2.24) is 4.98 Å². The topological polar surface area (TPSA) is 54.0 Å². The first-order chi connectivity index (χ1) is 14.6. The number of carbonyl (C=O) groups excluding carboxylic acids is 1. The zero-order valence-electron chi connectivity index (χ0n) is 16.9. The minimum atomic E-state index is -0.142. The van der Waals surface area contributed by atoms with Gasteiger partial charge >= 0.3 is 0 Å². The lowest BCUT2D eigenvalue weighted by Gasteiger charge is -2.21. The van der Waals surface area contributed by atoms with Crippen LogP contribution in [-0.2, 0) is 0 Å². The number of nitrogens with zero attached hydrogens (tertiary/aromatic N) is 1. The maximum atomic E-state index is 12.8. The quantitative estimate of drug-likeness (QED) is 0.395. The Morgan fingerprint density at radius 1 is 0.933 bits per heavy atom. The summed E-state index contributed by atoms with van der Waals surface area (Å²) in [5.41, 5.74) is 3.91. The van der Waals surface area contributed by atoms with Crippen molar-refractivity contribution < 1.29 is 4.79 Å². The van der Waals surface area contributed by atoms with Crippen LogP contribution in [0.3, 0.4) is 0 Å². The molecule has 2 aromatic heterocycles. The number of anilines is 2. The van der Waals surface area contributed by atoms with Gasteiger partial charge in [0.2, 0.25) is 0 Å². The summed E-state index contributed by atoms with van der Waals surface area (Å²) in [6, 6.07) is 25.5. The Labute approximate surface area is 180 Å². The van der Waals surface area contributed by atoms with E-state index in [2.05, 4.69) is 40.7 Å². The van der Waals surface area contributed by atoms with Crippen LogP contribution >= 0.6 is 11.3 Å². The zero-order valence-corrected chi connectivity index (χ0v) is 17.7. The largest absolute Gasteiger partial charge is 0.359 e. The number of pyridine rings is 1. The summed E-state index contributed by atoms with van der Waals surface area (Å²) < 4.78 is 0. The van der Waals surface area contributed by atoms with Gasteiger partial charge in [0.05, 0.1) is 6.04 Å². The van der Waals surface area contributed by atoms with E-state index in [0.29, 0.717) is 5.56 Å². The molecule has 0 saturated heterocycles. The number of rotatable bonds is 6. The summed E-state index contributed by atoms with van der Waals surface area (Å²) in [6.07, 6.45) is 1.80. The second-order valence-electron chi connectivity index (χ2n) is 7.17. The van der Waals surface area contributed by atoms with Crippen LogP contribution in [0.25, 0.3) is 0 Å². The van der Waals surface area contributed by atoms with Gasteiger partial charge < -0.3 is 10.6 Å². The maximum absolute atomic E-state index is 12.8. The van der Waals surface area contributed by atoms with Gasteiger partial charge in [0.25, 0.3) is 5.91 Å². The standard InChI is InChI=1S/C25H23N3OS/c1-17-13-14-26-22(15-17)27-23(19-9-5-3-6-10-19)21-16-18(2)30-25(21)28-24(29)20-11-7-4-8-12-20/h3-16,23H,1-2H3,(H,26,27)(H,28,29)/t23-/m0/s1. The number of carbonyl (C=O) groups is 1. The highest BCUT2D eigenvalue weighted by molar-refractivity contribution is 7.16. The highest BCUT2D eigenvalue weighted by atomic mass is 32.1. The van der Waals surface area contributed by atoms with E-state index in [0.717, 1.165) is 32.4 Å². The minimum absolute atomic E-state index is 0.112. The molecule has 0 spiro atoms. The molecule has 5 heteroatoms. The Hall–Kier alpha value is -3.44. The average molecular weight is 414 g/mol. The van der Waals surface area contributed by atoms with E-state index in [1.807, 2.05) is 67.6 Å². The second-order valence-corrected chi connectivity index (χ2v) is 8.42.